The van der Waals surface area contributed by atoms with Gasteiger partial charge in [-0.3, -0.25) is 4.57 Å². The summed E-state index contributed by atoms with van der Waals surface area (Å²) in [4.78, 5) is 17.3. The molecule has 4 aromatic rings. The number of anilines is 1. The van der Waals surface area contributed by atoms with Gasteiger partial charge < -0.3 is 30.5 Å². The van der Waals surface area contributed by atoms with Crippen molar-refractivity contribution in [3.8, 4) is 5.75 Å². The van der Waals surface area contributed by atoms with Gasteiger partial charge in [0, 0.05) is 6.20 Å². The van der Waals surface area contributed by atoms with Gasteiger partial charge in [0.1, 0.15) is 23.8 Å². The van der Waals surface area contributed by atoms with E-state index in [1.165, 1.54) is 13.2 Å². The number of hydrogen-bond donors (Lipinski definition) is 4. The molecule has 3 aromatic carbocycles. The lowest BCUT2D eigenvalue weighted by Crippen LogP contribution is -2.68. The number of aliphatic hydroxyl groups excluding tert-OH is 2. The molecule has 2 heterocycles. The van der Waals surface area contributed by atoms with E-state index in [4.69, 9.17) is 15.2 Å². The molecule has 1 aliphatic heterocycles. The third-order valence-electron chi connectivity index (χ3n) is 7.33. The molecule has 0 amide bonds. The minimum Gasteiger partial charge on any atom is -0.497 e. The van der Waals surface area contributed by atoms with Crippen molar-refractivity contribution >= 4 is 5.82 Å². The zero-order chi connectivity index (χ0) is 27.8. The first-order chi connectivity index (χ1) is 18.7. The molecule has 10 heteroatoms. The van der Waals surface area contributed by atoms with Gasteiger partial charge >= 0.3 is 5.69 Å². The molecule has 9 nitrogen and oxygen atoms in total. The first-order valence-corrected chi connectivity index (χ1v) is 12.2. The van der Waals surface area contributed by atoms with E-state index in [1.807, 2.05) is 0 Å². The molecule has 0 spiro atoms. The number of hydrogen-bond acceptors (Lipinski definition) is 8. The van der Waals surface area contributed by atoms with Crippen molar-refractivity contribution in [3.63, 3.8) is 0 Å². The molecule has 0 aliphatic carbocycles. The summed E-state index contributed by atoms with van der Waals surface area (Å²) in [6.07, 6.45) is -2.71. The van der Waals surface area contributed by atoms with E-state index in [2.05, 4.69) is 4.98 Å². The van der Waals surface area contributed by atoms with Gasteiger partial charge in [0.25, 0.3) is 5.85 Å². The quantitative estimate of drug-likeness (QED) is 0.264. The van der Waals surface area contributed by atoms with Gasteiger partial charge in [-0.1, -0.05) is 72.8 Å². The van der Waals surface area contributed by atoms with Crippen LogP contribution in [-0.4, -0.2) is 56.7 Å². The largest absolute Gasteiger partial charge is 0.497 e. The summed E-state index contributed by atoms with van der Waals surface area (Å²) in [5.41, 5.74) is 1.31. The van der Waals surface area contributed by atoms with Crippen LogP contribution < -0.4 is 16.2 Å². The SMILES string of the molecule is COc1ccc(C(c2ccccc2)(c2ccccc2)[C@@]2(n3ccc(N)nc3=O)O[C@H](CO)[C@@H](O)[C@]2(O)F)cc1. The van der Waals surface area contributed by atoms with Crippen LogP contribution in [0.3, 0.4) is 0 Å². The number of aliphatic hydroxyl groups is 3. The number of rotatable bonds is 7. The Balaban J connectivity index is 2.05. The highest BCUT2D eigenvalue weighted by molar-refractivity contribution is 5.56. The van der Waals surface area contributed by atoms with Crippen molar-refractivity contribution in [3.05, 3.63) is 124 Å². The van der Waals surface area contributed by atoms with E-state index in [0.29, 0.717) is 22.4 Å². The van der Waals surface area contributed by atoms with Gasteiger partial charge in [-0.2, -0.15) is 4.98 Å². The number of methoxy groups -OCH3 is 1. The monoisotopic (exact) mass is 533 g/mol. The second-order valence-corrected chi connectivity index (χ2v) is 9.32. The Morgan fingerprint density at radius 2 is 1.54 bits per heavy atom. The summed E-state index contributed by atoms with van der Waals surface area (Å²) < 4.78 is 29.6. The Morgan fingerprint density at radius 1 is 1.00 bits per heavy atom. The summed E-state index contributed by atoms with van der Waals surface area (Å²) in [7, 11) is 1.50. The van der Waals surface area contributed by atoms with Crippen molar-refractivity contribution in [2.75, 3.05) is 19.5 Å². The Hall–Kier alpha value is -4.09. The minimum atomic E-state index is -3.66. The van der Waals surface area contributed by atoms with E-state index in [9.17, 15) is 20.1 Å². The maximum Gasteiger partial charge on any atom is 0.352 e. The molecule has 5 rings (SSSR count). The number of alkyl halides is 1. The predicted octanol–water partition coefficient (Wildman–Crippen LogP) is 1.93. The highest BCUT2D eigenvalue weighted by Gasteiger charge is 2.77. The maximum absolute atomic E-state index is 17.3. The molecule has 39 heavy (non-hydrogen) atoms. The predicted molar refractivity (Wildman–Crippen MR) is 141 cm³/mol. The molecule has 4 atom stereocenters. The van der Waals surface area contributed by atoms with Crippen LogP contribution in [-0.2, 0) is 15.9 Å². The highest BCUT2D eigenvalue weighted by Crippen LogP contribution is 2.60. The van der Waals surface area contributed by atoms with Crippen LogP contribution in [0.1, 0.15) is 16.7 Å². The second kappa shape index (κ2) is 9.90. The number of benzene rings is 3. The van der Waals surface area contributed by atoms with Crippen molar-refractivity contribution in [2.24, 2.45) is 0 Å². The van der Waals surface area contributed by atoms with Gasteiger partial charge in [-0.05, 0) is 34.9 Å². The zero-order valence-corrected chi connectivity index (χ0v) is 21.0. The number of nitrogens with two attached hydrogens (primary N) is 1. The lowest BCUT2D eigenvalue weighted by atomic mass is 9.60. The lowest BCUT2D eigenvalue weighted by Gasteiger charge is -2.52. The summed E-state index contributed by atoms with van der Waals surface area (Å²) in [6.45, 7) is -0.853. The zero-order valence-electron chi connectivity index (χ0n) is 21.0. The Morgan fingerprint density at radius 3 is 2.00 bits per heavy atom. The summed E-state index contributed by atoms with van der Waals surface area (Å²) >= 11 is 0. The standard InChI is InChI=1S/C29H28FN3O6/c1-38-22-14-12-21(13-15-22)27(19-8-4-2-5-9-19,20-10-6-3-7-11-20)29(33-17-16-24(31)32-26(33)36)28(30,37)25(35)23(18-34)39-29/h2-17,23,25,34-35,37H,18H2,1H3,(H2,31,32,36)/t23-,25-,28-,29-/m1/s1. The van der Waals surface area contributed by atoms with E-state index in [1.54, 1.807) is 84.9 Å². The van der Waals surface area contributed by atoms with Crippen LogP contribution in [0, 0.1) is 0 Å². The summed E-state index contributed by atoms with van der Waals surface area (Å²) in [5.74, 6) is -3.29. The maximum atomic E-state index is 17.3. The lowest BCUT2D eigenvalue weighted by molar-refractivity contribution is -0.280. The number of ether oxygens (including phenoxy) is 2. The van der Waals surface area contributed by atoms with Crippen LogP contribution in [0.2, 0.25) is 0 Å². The second-order valence-electron chi connectivity index (χ2n) is 9.32. The van der Waals surface area contributed by atoms with Crippen LogP contribution in [0.15, 0.2) is 102 Å². The topological polar surface area (TPSA) is 140 Å². The molecule has 1 aromatic heterocycles. The Kier molecular flexibility index (Phi) is 6.73. The van der Waals surface area contributed by atoms with Crippen LogP contribution >= 0.6 is 0 Å². The van der Waals surface area contributed by atoms with Gasteiger partial charge in [-0.15, -0.1) is 0 Å². The number of aromatic nitrogens is 2. The van der Waals surface area contributed by atoms with Crippen LogP contribution in [0.4, 0.5) is 10.2 Å². The molecule has 202 valence electrons. The molecule has 0 radical (unpaired) electrons. The first kappa shape index (κ1) is 26.5. The van der Waals surface area contributed by atoms with E-state index < -0.39 is 41.5 Å². The van der Waals surface area contributed by atoms with Gasteiger partial charge in [0.2, 0.25) is 5.72 Å². The fraction of sp³-hybridized carbons (Fsp3) is 0.241. The summed E-state index contributed by atoms with van der Waals surface area (Å²) in [6, 6.07) is 25.1. The van der Waals surface area contributed by atoms with E-state index in [-0.39, 0.29) is 5.82 Å². The molecule has 0 bridgehead atoms. The average Bonchev–Trinajstić information content (AvgIpc) is 3.16. The molecule has 1 aliphatic rings. The fourth-order valence-electron chi connectivity index (χ4n) is 5.67. The third kappa shape index (κ3) is 3.75. The van der Waals surface area contributed by atoms with Crippen molar-refractivity contribution < 1.29 is 29.2 Å². The van der Waals surface area contributed by atoms with Gasteiger partial charge in [-0.25, -0.2) is 9.18 Å². The molecule has 1 saturated heterocycles. The fourth-order valence-corrected chi connectivity index (χ4v) is 5.67. The molecule has 1 fully saturated rings. The average molecular weight is 534 g/mol. The summed E-state index contributed by atoms with van der Waals surface area (Å²) in [5, 5.41) is 32.9. The number of nitrogens with zero attached hydrogens (tertiary/aromatic N) is 2. The van der Waals surface area contributed by atoms with E-state index >= 15 is 4.39 Å². The van der Waals surface area contributed by atoms with Crippen molar-refractivity contribution in [1.29, 1.82) is 0 Å². The molecular weight excluding hydrogens is 505 g/mol. The van der Waals surface area contributed by atoms with Crippen LogP contribution in [0.5, 0.6) is 5.75 Å². The van der Waals surface area contributed by atoms with E-state index in [0.717, 1.165) is 10.8 Å². The Labute approximate surface area is 223 Å². The van der Waals surface area contributed by atoms with Gasteiger partial charge in [0.05, 0.1) is 19.1 Å². The molecule has 0 saturated carbocycles. The van der Waals surface area contributed by atoms with Crippen LogP contribution in [0.25, 0.3) is 0 Å². The number of halogens is 1. The normalized spacial score (nSPS) is 24.9. The van der Waals surface area contributed by atoms with Crippen molar-refractivity contribution in [1.82, 2.24) is 9.55 Å². The molecule has 0 unspecified atom stereocenters. The minimum absolute atomic E-state index is 0.138. The Bertz CT molecular complexity index is 1460. The van der Waals surface area contributed by atoms with Gasteiger partial charge in [0.15, 0.2) is 0 Å². The third-order valence-corrected chi connectivity index (χ3v) is 7.33. The first-order valence-electron chi connectivity index (χ1n) is 12.2. The van der Waals surface area contributed by atoms with Crippen molar-refractivity contribution in [2.45, 2.75) is 29.2 Å². The molecular formula is C29H28FN3O6. The number of nitrogen functional groups attached to an aromatic ring is 1. The highest BCUT2D eigenvalue weighted by atomic mass is 19.2. The molecule has 5 N–H and O–H groups in total. The smallest absolute Gasteiger partial charge is 0.352 e.